The first-order valence-corrected chi connectivity index (χ1v) is 5.82. The minimum Gasteiger partial charge on any atom is -0.266 e. The Hall–Kier alpha value is -0.930. The maximum atomic E-state index is 12.8. The van der Waals surface area contributed by atoms with Crippen LogP contribution in [0.4, 0.5) is 8.78 Å². The number of aromatic nitrogens is 2. The number of nitrogens with zero attached hydrogens (tertiary/aromatic N) is 2. The fraction of sp³-hybridized carbons (Fsp3) is 0.750. The molecule has 0 saturated heterocycles. The number of rotatable bonds is 3. The van der Waals surface area contributed by atoms with Gasteiger partial charge in [-0.3, -0.25) is 4.68 Å². The molecule has 1 unspecified atom stereocenters. The van der Waals surface area contributed by atoms with E-state index in [1.54, 1.807) is 6.20 Å². The average molecular weight is 228 g/mol. The van der Waals surface area contributed by atoms with E-state index in [9.17, 15) is 8.78 Å². The molecule has 1 heterocycles. The van der Waals surface area contributed by atoms with Crippen LogP contribution in [0.3, 0.4) is 0 Å². The molecule has 0 aromatic carbocycles. The van der Waals surface area contributed by atoms with Crippen molar-refractivity contribution in [3.05, 3.63) is 18.0 Å². The van der Waals surface area contributed by atoms with Gasteiger partial charge in [-0.2, -0.15) is 5.10 Å². The summed E-state index contributed by atoms with van der Waals surface area (Å²) >= 11 is 0. The molecule has 16 heavy (non-hydrogen) atoms. The van der Waals surface area contributed by atoms with Gasteiger partial charge in [0.05, 0.1) is 6.04 Å². The van der Waals surface area contributed by atoms with Crippen LogP contribution in [-0.4, -0.2) is 15.7 Å². The van der Waals surface area contributed by atoms with E-state index < -0.39 is 5.92 Å². The van der Waals surface area contributed by atoms with E-state index >= 15 is 0 Å². The van der Waals surface area contributed by atoms with Crippen LogP contribution in [0.15, 0.2) is 12.3 Å². The molecule has 0 radical (unpaired) electrons. The Morgan fingerprint density at radius 1 is 1.38 bits per heavy atom. The molecule has 1 fully saturated rings. The molecule has 1 saturated carbocycles. The summed E-state index contributed by atoms with van der Waals surface area (Å²) in [5, 5.41) is 4.26. The van der Waals surface area contributed by atoms with Crippen LogP contribution in [0.2, 0.25) is 0 Å². The van der Waals surface area contributed by atoms with Crippen LogP contribution in [0.25, 0.3) is 0 Å². The number of alkyl halides is 2. The molecule has 2 nitrogen and oxygen atoms in total. The third-order valence-corrected chi connectivity index (χ3v) is 3.48. The third-order valence-electron chi connectivity index (χ3n) is 3.48. The average Bonchev–Trinajstić information content (AvgIpc) is 2.60. The first-order chi connectivity index (χ1) is 7.41. The predicted molar refractivity (Wildman–Crippen MR) is 58.7 cm³/mol. The smallest absolute Gasteiger partial charge is 0.248 e. The van der Waals surface area contributed by atoms with Crippen LogP contribution in [0.5, 0.6) is 0 Å². The molecule has 1 aliphatic rings. The lowest BCUT2D eigenvalue weighted by molar-refractivity contribution is -0.123. The van der Waals surface area contributed by atoms with Gasteiger partial charge >= 0.3 is 0 Å². The third kappa shape index (κ3) is 1.97. The van der Waals surface area contributed by atoms with Gasteiger partial charge in [0.25, 0.3) is 0 Å². The summed E-state index contributed by atoms with van der Waals surface area (Å²) in [7, 11) is 0. The second-order valence-corrected chi connectivity index (χ2v) is 5.12. The highest BCUT2D eigenvalue weighted by Gasteiger charge is 2.48. The Morgan fingerprint density at radius 2 is 2.00 bits per heavy atom. The zero-order valence-electron chi connectivity index (χ0n) is 9.95. The van der Waals surface area contributed by atoms with Crippen molar-refractivity contribution in [2.24, 2.45) is 5.92 Å². The first-order valence-electron chi connectivity index (χ1n) is 5.82. The maximum Gasteiger partial charge on any atom is 0.248 e. The zero-order valence-corrected chi connectivity index (χ0v) is 9.95. The number of halogens is 2. The highest BCUT2D eigenvalue weighted by Crippen LogP contribution is 2.47. The molecule has 1 aliphatic carbocycles. The molecule has 0 bridgehead atoms. The van der Waals surface area contributed by atoms with Crippen LogP contribution in [0.1, 0.15) is 51.3 Å². The fourth-order valence-electron chi connectivity index (χ4n) is 2.37. The van der Waals surface area contributed by atoms with Crippen molar-refractivity contribution in [2.45, 2.75) is 51.5 Å². The van der Waals surface area contributed by atoms with Crippen molar-refractivity contribution in [1.82, 2.24) is 9.78 Å². The largest absolute Gasteiger partial charge is 0.266 e. The molecule has 0 spiro atoms. The molecule has 0 aliphatic heterocycles. The lowest BCUT2D eigenvalue weighted by Gasteiger charge is -2.39. The van der Waals surface area contributed by atoms with Crippen molar-refractivity contribution < 1.29 is 8.78 Å². The Bertz CT molecular complexity index is 363. The lowest BCUT2D eigenvalue weighted by atomic mass is 9.77. The Kier molecular flexibility index (Phi) is 2.76. The van der Waals surface area contributed by atoms with Gasteiger partial charge in [0, 0.05) is 24.7 Å². The van der Waals surface area contributed by atoms with E-state index in [0.717, 1.165) is 5.69 Å². The van der Waals surface area contributed by atoms with Gasteiger partial charge in [0.15, 0.2) is 0 Å². The lowest BCUT2D eigenvalue weighted by Crippen LogP contribution is -2.40. The summed E-state index contributed by atoms with van der Waals surface area (Å²) in [5.74, 6) is -2.00. The van der Waals surface area contributed by atoms with Crippen molar-refractivity contribution >= 4 is 0 Å². The molecule has 2 rings (SSSR count). The van der Waals surface area contributed by atoms with Gasteiger partial charge in [-0.15, -0.1) is 0 Å². The van der Waals surface area contributed by atoms with E-state index in [1.165, 1.54) is 0 Å². The minimum atomic E-state index is -2.44. The Morgan fingerprint density at radius 3 is 2.50 bits per heavy atom. The Balaban J connectivity index is 2.10. The number of hydrogen-bond donors (Lipinski definition) is 0. The molecule has 90 valence electrons. The second kappa shape index (κ2) is 3.82. The molecule has 1 aromatic rings. The summed E-state index contributed by atoms with van der Waals surface area (Å²) in [6.07, 6.45) is 1.76. The SMILES string of the molecule is CC(C)c1ccnn1C(C)C1CC(F)(F)C1. The van der Waals surface area contributed by atoms with E-state index in [0.29, 0.717) is 5.92 Å². The van der Waals surface area contributed by atoms with Gasteiger partial charge < -0.3 is 0 Å². The van der Waals surface area contributed by atoms with Crippen LogP contribution < -0.4 is 0 Å². The normalized spacial score (nSPS) is 22.1. The molecule has 4 heteroatoms. The minimum absolute atomic E-state index is 0.00552. The topological polar surface area (TPSA) is 17.8 Å². The summed E-state index contributed by atoms with van der Waals surface area (Å²) < 4.78 is 27.5. The maximum absolute atomic E-state index is 12.8. The highest BCUT2D eigenvalue weighted by molar-refractivity contribution is 5.07. The van der Waals surface area contributed by atoms with Gasteiger partial charge in [-0.05, 0) is 24.8 Å². The van der Waals surface area contributed by atoms with E-state index in [-0.39, 0.29) is 24.8 Å². The summed E-state index contributed by atoms with van der Waals surface area (Å²) in [6.45, 7) is 6.17. The fourth-order valence-corrected chi connectivity index (χ4v) is 2.37. The zero-order chi connectivity index (χ0) is 11.9. The number of hydrogen-bond acceptors (Lipinski definition) is 1. The van der Waals surface area contributed by atoms with Gasteiger partial charge in [-0.1, -0.05) is 13.8 Å². The second-order valence-electron chi connectivity index (χ2n) is 5.12. The van der Waals surface area contributed by atoms with Crippen LogP contribution in [0, 0.1) is 5.92 Å². The first kappa shape index (κ1) is 11.6. The predicted octanol–water partition coefficient (Wildman–Crippen LogP) is 3.61. The van der Waals surface area contributed by atoms with E-state index in [4.69, 9.17) is 0 Å². The highest BCUT2D eigenvalue weighted by atomic mass is 19.3. The van der Waals surface area contributed by atoms with Gasteiger partial charge in [0.2, 0.25) is 5.92 Å². The summed E-state index contributed by atoms with van der Waals surface area (Å²) in [6, 6.07) is 2.05. The van der Waals surface area contributed by atoms with Crippen molar-refractivity contribution in [2.75, 3.05) is 0 Å². The molecule has 1 aromatic heterocycles. The monoisotopic (exact) mass is 228 g/mol. The molecular formula is C12H18F2N2. The van der Waals surface area contributed by atoms with Crippen LogP contribution >= 0.6 is 0 Å². The van der Waals surface area contributed by atoms with Gasteiger partial charge in [0.1, 0.15) is 0 Å². The summed E-state index contributed by atoms with van der Waals surface area (Å²) in [5.41, 5.74) is 1.13. The van der Waals surface area contributed by atoms with Gasteiger partial charge in [-0.25, -0.2) is 8.78 Å². The molecule has 0 N–H and O–H groups in total. The molecule has 0 amide bonds. The standard InChI is InChI=1S/C12H18F2N2/c1-8(2)11-4-5-15-16(11)9(3)10-6-12(13,14)7-10/h4-5,8-10H,6-7H2,1-3H3. The van der Waals surface area contributed by atoms with Crippen molar-refractivity contribution in [1.29, 1.82) is 0 Å². The molecular weight excluding hydrogens is 210 g/mol. The van der Waals surface area contributed by atoms with Crippen molar-refractivity contribution in [3.63, 3.8) is 0 Å². The van der Waals surface area contributed by atoms with E-state index in [1.807, 2.05) is 17.7 Å². The Labute approximate surface area is 94.6 Å². The van der Waals surface area contributed by atoms with E-state index in [2.05, 4.69) is 18.9 Å². The summed E-state index contributed by atoms with van der Waals surface area (Å²) in [4.78, 5) is 0. The van der Waals surface area contributed by atoms with Crippen LogP contribution in [-0.2, 0) is 0 Å². The quantitative estimate of drug-likeness (QED) is 0.772. The molecule has 1 atom stereocenters. The van der Waals surface area contributed by atoms with Crippen molar-refractivity contribution in [3.8, 4) is 0 Å².